The quantitative estimate of drug-likeness (QED) is 0.116. The fourth-order valence-electron chi connectivity index (χ4n) is 5.07. The maximum atomic E-state index is 13.2. The van der Waals surface area contributed by atoms with Crippen molar-refractivity contribution in [2.24, 2.45) is 4.99 Å². The van der Waals surface area contributed by atoms with Gasteiger partial charge in [-0.1, -0.05) is 29.3 Å². The van der Waals surface area contributed by atoms with Crippen molar-refractivity contribution < 1.29 is 24.6 Å². The number of guanidine groups is 1. The Kier molecular flexibility index (Phi) is 8.60. The zero-order chi connectivity index (χ0) is 30.0. The second-order valence-electron chi connectivity index (χ2n) is 10.0. The molecule has 5 rings (SSSR count). The summed E-state index contributed by atoms with van der Waals surface area (Å²) in [5.41, 5.74) is 2.67. The Hall–Kier alpha value is -4.22. The molecule has 13 nitrogen and oxygen atoms in total. The Balaban J connectivity index is 1.26. The zero-order valence-corrected chi connectivity index (χ0v) is 23.6. The summed E-state index contributed by atoms with van der Waals surface area (Å²) in [6.45, 7) is 0.556. The van der Waals surface area contributed by atoms with Crippen LogP contribution in [0.3, 0.4) is 0 Å². The number of nitriles is 1. The van der Waals surface area contributed by atoms with Gasteiger partial charge in [0.05, 0.1) is 39.5 Å². The molecule has 3 aromatic rings. The largest absolute Gasteiger partial charge is 0.388 e. The van der Waals surface area contributed by atoms with Crippen LogP contribution in [0.15, 0.2) is 35.5 Å². The Morgan fingerprint density at radius 3 is 2.71 bits per heavy atom. The molecule has 15 heteroatoms. The number of likely N-dealkylation sites (tertiary alicyclic amines) is 1. The number of aliphatic hydroxyl groups excluding tert-OH is 2. The van der Waals surface area contributed by atoms with E-state index >= 15 is 0 Å². The van der Waals surface area contributed by atoms with Gasteiger partial charge in [0, 0.05) is 43.7 Å². The molecule has 3 heterocycles. The van der Waals surface area contributed by atoms with Crippen molar-refractivity contribution in [2.75, 3.05) is 26.2 Å². The van der Waals surface area contributed by atoms with Crippen LogP contribution < -0.4 is 10.6 Å². The summed E-state index contributed by atoms with van der Waals surface area (Å²) >= 11 is 13.2. The Bertz CT molecular complexity index is 1610. The minimum absolute atomic E-state index is 0.00473. The third kappa shape index (κ3) is 5.88. The van der Waals surface area contributed by atoms with E-state index in [0.29, 0.717) is 35.9 Å². The molecule has 0 aliphatic carbocycles. The number of aldehydes is 1. The number of fused-ring (bicyclic) bond motifs is 2. The average molecular weight is 613 g/mol. The average Bonchev–Trinajstić information content (AvgIpc) is 3.58. The molecular weight excluding hydrogens is 587 g/mol. The minimum atomic E-state index is -1.05. The summed E-state index contributed by atoms with van der Waals surface area (Å²) in [6, 6.07) is 5.86. The van der Waals surface area contributed by atoms with Crippen LogP contribution in [0.1, 0.15) is 31.8 Å². The number of aromatic amines is 1. The van der Waals surface area contributed by atoms with E-state index < -0.39 is 24.2 Å². The number of carbonyl (C=O) groups excluding carboxylic acids is 3. The Labute approximate surface area is 249 Å². The summed E-state index contributed by atoms with van der Waals surface area (Å²) in [5, 5.41) is 41.9. The van der Waals surface area contributed by atoms with Crippen molar-refractivity contribution in [1.82, 2.24) is 30.6 Å². The van der Waals surface area contributed by atoms with Crippen molar-refractivity contribution in [3.8, 4) is 6.19 Å². The second kappa shape index (κ2) is 12.3. The van der Waals surface area contributed by atoms with Gasteiger partial charge in [-0.3, -0.25) is 14.7 Å². The summed E-state index contributed by atoms with van der Waals surface area (Å²) in [7, 11) is 0. The summed E-state index contributed by atoms with van der Waals surface area (Å²) < 4.78 is 0. The van der Waals surface area contributed by atoms with Gasteiger partial charge < -0.3 is 35.4 Å². The number of aromatic nitrogens is 2. The van der Waals surface area contributed by atoms with E-state index in [1.54, 1.807) is 35.5 Å². The number of amides is 2. The molecule has 0 unspecified atom stereocenters. The topological polar surface area (TPSA) is 187 Å². The number of H-pyrrole nitrogens is 1. The van der Waals surface area contributed by atoms with Crippen molar-refractivity contribution in [3.05, 3.63) is 62.8 Å². The smallest absolute Gasteiger partial charge is 0.254 e. The highest BCUT2D eigenvalue weighted by molar-refractivity contribution is 6.40. The van der Waals surface area contributed by atoms with Crippen molar-refractivity contribution in [3.63, 3.8) is 0 Å². The molecular formula is C27H26Cl2N8O5. The predicted molar refractivity (Wildman–Crippen MR) is 153 cm³/mol. The van der Waals surface area contributed by atoms with E-state index in [2.05, 4.69) is 25.8 Å². The lowest BCUT2D eigenvalue weighted by atomic mass is 9.96. The minimum Gasteiger partial charge on any atom is -0.388 e. The van der Waals surface area contributed by atoms with Gasteiger partial charge in [-0.25, -0.2) is 0 Å². The number of carbonyl (C=O) groups is 3. The number of rotatable bonds is 6. The fourth-order valence-corrected chi connectivity index (χ4v) is 5.84. The van der Waals surface area contributed by atoms with Gasteiger partial charge in [0.15, 0.2) is 0 Å². The van der Waals surface area contributed by atoms with Crippen LogP contribution in [-0.4, -0.2) is 98.7 Å². The monoisotopic (exact) mass is 612 g/mol. The van der Waals surface area contributed by atoms with Gasteiger partial charge in [0.2, 0.25) is 12.2 Å². The highest BCUT2D eigenvalue weighted by Crippen LogP contribution is 2.35. The first-order valence-corrected chi connectivity index (χ1v) is 13.8. The lowest BCUT2D eigenvalue weighted by Gasteiger charge is -2.30. The standard InChI is InChI=1S/C27H26Cl2N8O5/c28-19-5-16-9-36(26(42)14-1-2-15-7-33-35-20(15)6-14)4-3-18(16)24(29)23(19)25(41)34-17(12-38)8-31-27(32-13-30)37-10-21(39)22(40)11-37/h1-2,5-7,12,17,21-22,39-40H,3-4,8-11H2,(H,31,32)(H,33,35)(H,34,41)/t17-,21-,22+/m0/s1. The lowest BCUT2D eigenvalue weighted by molar-refractivity contribution is -0.109. The number of hydrogen-bond donors (Lipinski definition) is 5. The number of nitrogens with one attached hydrogen (secondary N) is 3. The molecule has 5 N–H and O–H groups in total. The number of hydrogen-bond acceptors (Lipinski definition) is 8. The summed E-state index contributed by atoms with van der Waals surface area (Å²) in [6.07, 6.45) is 2.19. The molecule has 42 heavy (non-hydrogen) atoms. The third-order valence-corrected chi connectivity index (χ3v) is 8.00. The molecule has 1 aromatic heterocycles. The maximum Gasteiger partial charge on any atom is 0.254 e. The van der Waals surface area contributed by atoms with Gasteiger partial charge in [0.25, 0.3) is 11.8 Å². The zero-order valence-electron chi connectivity index (χ0n) is 22.0. The summed E-state index contributed by atoms with van der Waals surface area (Å²) in [5.74, 6) is -0.795. The molecule has 2 aliphatic heterocycles. The van der Waals surface area contributed by atoms with E-state index in [9.17, 15) is 24.6 Å². The summed E-state index contributed by atoms with van der Waals surface area (Å²) in [4.78, 5) is 45.0. The Morgan fingerprint density at radius 2 is 2.00 bits per heavy atom. The van der Waals surface area contributed by atoms with Crippen LogP contribution in [0.25, 0.3) is 10.9 Å². The van der Waals surface area contributed by atoms with E-state index in [1.165, 1.54) is 4.90 Å². The van der Waals surface area contributed by atoms with Gasteiger partial charge in [-0.2, -0.15) is 10.4 Å². The van der Waals surface area contributed by atoms with E-state index in [1.807, 2.05) is 6.07 Å². The van der Waals surface area contributed by atoms with Crippen molar-refractivity contribution in [2.45, 2.75) is 31.2 Å². The molecule has 0 spiro atoms. The fraction of sp³-hybridized carbons (Fsp3) is 0.333. The number of halogens is 2. The molecule has 3 atom stereocenters. The Morgan fingerprint density at radius 1 is 1.24 bits per heavy atom. The van der Waals surface area contributed by atoms with Crippen molar-refractivity contribution >= 4 is 58.2 Å². The SMILES string of the molecule is N#C/N=C(\NC[C@@H](C=O)NC(=O)c1c(Cl)cc2c(c1Cl)CCN(C(=O)c1ccc3cn[nH]c3c1)C2)N1C[C@@H](O)[C@@H](O)C1. The van der Waals surface area contributed by atoms with Crippen LogP contribution in [0.4, 0.5) is 0 Å². The molecule has 1 saturated heterocycles. The van der Waals surface area contributed by atoms with Gasteiger partial charge in [-0.15, -0.1) is 4.99 Å². The first-order chi connectivity index (χ1) is 20.2. The highest BCUT2D eigenvalue weighted by atomic mass is 35.5. The molecule has 1 fully saturated rings. The van der Waals surface area contributed by atoms with Gasteiger partial charge in [0.1, 0.15) is 12.3 Å². The van der Waals surface area contributed by atoms with Crippen LogP contribution >= 0.6 is 23.2 Å². The molecule has 0 saturated carbocycles. The normalized spacial score (nSPS) is 19.3. The second-order valence-corrected chi connectivity index (χ2v) is 10.8. The number of benzene rings is 2. The van der Waals surface area contributed by atoms with Crippen LogP contribution in [-0.2, 0) is 17.8 Å². The van der Waals surface area contributed by atoms with Crippen LogP contribution in [0, 0.1) is 11.5 Å². The molecule has 0 radical (unpaired) electrons. The van der Waals surface area contributed by atoms with Gasteiger partial charge in [-0.05, 0) is 35.7 Å². The number of nitrogens with zero attached hydrogens (tertiary/aromatic N) is 5. The van der Waals surface area contributed by atoms with E-state index in [-0.39, 0.29) is 53.7 Å². The molecule has 2 aromatic carbocycles. The predicted octanol–water partition coefficient (Wildman–Crippen LogP) is 0.830. The molecule has 2 aliphatic rings. The highest BCUT2D eigenvalue weighted by Gasteiger charge is 2.32. The van der Waals surface area contributed by atoms with Crippen molar-refractivity contribution in [1.29, 1.82) is 5.26 Å². The number of β-amino-alcohol motifs (C(OH)–C–C–N with tert-alkyl or cyclic N) is 2. The molecule has 0 bridgehead atoms. The first-order valence-electron chi connectivity index (χ1n) is 13.0. The van der Waals surface area contributed by atoms with Crippen LogP contribution in [0.2, 0.25) is 10.0 Å². The maximum absolute atomic E-state index is 13.2. The number of aliphatic hydroxyl groups is 2. The van der Waals surface area contributed by atoms with E-state index in [4.69, 9.17) is 28.5 Å². The first kappa shape index (κ1) is 29.3. The van der Waals surface area contributed by atoms with Crippen LogP contribution in [0.5, 0.6) is 0 Å². The third-order valence-electron chi connectivity index (χ3n) is 7.28. The molecule has 218 valence electrons. The number of aliphatic imine (C=N–C) groups is 1. The lowest BCUT2D eigenvalue weighted by Crippen LogP contribution is -2.49. The van der Waals surface area contributed by atoms with E-state index in [0.717, 1.165) is 10.9 Å². The van der Waals surface area contributed by atoms with Gasteiger partial charge >= 0.3 is 0 Å². The molecule has 2 amide bonds.